The van der Waals surface area contributed by atoms with Crippen molar-refractivity contribution in [3.05, 3.63) is 12.2 Å². The molecule has 3 heteroatoms. The molecule has 0 saturated carbocycles. The Bertz CT molecular complexity index is 189. The van der Waals surface area contributed by atoms with Gasteiger partial charge >= 0.3 is 5.97 Å². The van der Waals surface area contributed by atoms with Gasteiger partial charge in [0.05, 0.1) is 0 Å². The smallest absolute Gasteiger partial charge is 0.330 e. The van der Waals surface area contributed by atoms with E-state index in [1.54, 1.807) is 0 Å². The Hall–Kier alpha value is -0.0600. The third-order valence-corrected chi connectivity index (χ3v) is 2.31. The molecule has 0 aromatic heterocycles. The summed E-state index contributed by atoms with van der Waals surface area (Å²) in [7, 11) is 0. The van der Waals surface area contributed by atoms with Crippen LogP contribution in [-0.2, 0) is 9.53 Å². The maximum Gasteiger partial charge on any atom is 0.330 e. The van der Waals surface area contributed by atoms with Gasteiger partial charge < -0.3 is 4.74 Å². The molecule has 11 heavy (non-hydrogen) atoms. The van der Waals surface area contributed by atoms with Crippen LogP contribution < -0.4 is 0 Å². The van der Waals surface area contributed by atoms with Crippen LogP contribution in [-0.4, -0.2) is 16.0 Å². The zero-order chi connectivity index (χ0) is 8.32. The first-order chi connectivity index (χ1) is 5.16. The van der Waals surface area contributed by atoms with Gasteiger partial charge in [-0.1, -0.05) is 28.7 Å². The van der Waals surface area contributed by atoms with E-state index in [4.69, 9.17) is 4.74 Å². The molecule has 0 fully saturated rings. The minimum absolute atomic E-state index is 0.205. The zero-order valence-corrected chi connectivity index (χ0v) is 8.63. The molecule has 2 nitrogen and oxygen atoms in total. The lowest BCUT2D eigenvalue weighted by Gasteiger charge is -2.29. The van der Waals surface area contributed by atoms with Crippen molar-refractivity contribution < 1.29 is 9.53 Å². The number of halogens is 1. The topological polar surface area (TPSA) is 26.3 Å². The molecule has 1 rings (SSSR count). The van der Waals surface area contributed by atoms with E-state index < -0.39 is 0 Å². The molecular formula is C8H11IO2. The summed E-state index contributed by atoms with van der Waals surface area (Å²) in [6, 6.07) is 0. The molecule has 1 aliphatic rings. The van der Waals surface area contributed by atoms with Crippen molar-refractivity contribution in [2.24, 2.45) is 0 Å². The summed E-state index contributed by atoms with van der Waals surface area (Å²) < 4.78 is 6.21. The second kappa shape index (κ2) is 3.56. The maximum atomic E-state index is 10.8. The number of hydrogen-bond donors (Lipinski definition) is 0. The van der Waals surface area contributed by atoms with E-state index in [-0.39, 0.29) is 11.6 Å². The fraction of sp³-hybridized carbons (Fsp3) is 0.625. The molecule has 0 aromatic rings. The first kappa shape index (κ1) is 9.03. The van der Waals surface area contributed by atoms with E-state index in [0.717, 1.165) is 17.3 Å². The van der Waals surface area contributed by atoms with Gasteiger partial charge in [-0.2, -0.15) is 0 Å². The fourth-order valence-corrected chi connectivity index (χ4v) is 2.22. The van der Waals surface area contributed by atoms with E-state index >= 15 is 0 Å². The molecule has 1 heterocycles. The van der Waals surface area contributed by atoms with Gasteiger partial charge in [0.2, 0.25) is 0 Å². The third kappa shape index (κ3) is 2.47. The molecule has 1 unspecified atom stereocenters. The number of carbonyl (C=O) groups is 1. The molecular weight excluding hydrogens is 255 g/mol. The van der Waals surface area contributed by atoms with Gasteiger partial charge in [0.25, 0.3) is 0 Å². The van der Waals surface area contributed by atoms with Crippen LogP contribution in [0.1, 0.15) is 19.8 Å². The molecule has 0 aliphatic carbocycles. The van der Waals surface area contributed by atoms with Gasteiger partial charge in [0, 0.05) is 16.9 Å². The third-order valence-electron chi connectivity index (χ3n) is 1.77. The van der Waals surface area contributed by atoms with Crippen molar-refractivity contribution >= 4 is 28.6 Å². The summed E-state index contributed by atoms with van der Waals surface area (Å²) in [6.07, 6.45) is 5.17. The first-order valence-electron chi connectivity index (χ1n) is 3.62. The van der Waals surface area contributed by atoms with Crippen LogP contribution in [0.2, 0.25) is 0 Å². The van der Waals surface area contributed by atoms with Gasteiger partial charge in [-0.25, -0.2) is 4.79 Å². The summed E-state index contributed by atoms with van der Waals surface area (Å²) in [5.41, 5.74) is -0.243. The quantitative estimate of drug-likeness (QED) is 0.434. The van der Waals surface area contributed by atoms with Crippen LogP contribution in [0.25, 0.3) is 0 Å². The van der Waals surface area contributed by atoms with E-state index in [1.807, 2.05) is 13.0 Å². The van der Waals surface area contributed by atoms with E-state index in [1.165, 1.54) is 6.08 Å². The maximum absolute atomic E-state index is 10.8. The monoisotopic (exact) mass is 266 g/mol. The van der Waals surface area contributed by atoms with E-state index in [2.05, 4.69) is 22.6 Å². The van der Waals surface area contributed by atoms with Crippen molar-refractivity contribution in [3.63, 3.8) is 0 Å². The van der Waals surface area contributed by atoms with Crippen molar-refractivity contribution in [2.75, 3.05) is 4.43 Å². The minimum atomic E-state index is -0.243. The average Bonchev–Trinajstić information content (AvgIpc) is 1.86. The molecule has 0 N–H and O–H groups in total. The lowest BCUT2D eigenvalue weighted by Crippen LogP contribution is -2.33. The second-order valence-electron chi connectivity index (χ2n) is 2.92. The van der Waals surface area contributed by atoms with Crippen molar-refractivity contribution in [1.82, 2.24) is 0 Å². The Kier molecular flexibility index (Phi) is 2.92. The Balaban J connectivity index is 2.59. The summed E-state index contributed by atoms with van der Waals surface area (Å²) >= 11 is 2.29. The minimum Gasteiger partial charge on any atom is -0.456 e. The van der Waals surface area contributed by atoms with Gasteiger partial charge in [-0.3, -0.25) is 0 Å². The van der Waals surface area contributed by atoms with Gasteiger partial charge in [0.15, 0.2) is 0 Å². The first-order valence-corrected chi connectivity index (χ1v) is 5.14. The summed E-state index contributed by atoms with van der Waals surface area (Å²) in [6.45, 7) is 1.98. The standard InChI is InChI=1S/C8H11IO2/c1-8(5-6-9)4-2-3-7(10)11-8/h2-3H,4-6H2,1H3. The number of cyclic esters (lactones) is 1. The SMILES string of the molecule is CC1(CCI)CC=CC(=O)O1. The number of carbonyl (C=O) groups excluding carboxylic acids is 1. The fourth-order valence-electron chi connectivity index (χ4n) is 1.08. The zero-order valence-electron chi connectivity index (χ0n) is 6.47. The number of alkyl halides is 1. The molecule has 0 bridgehead atoms. The largest absolute Gasteiger partial charge is 0.456 e. The van der Waals surface area contributed by atoms with Crippen molar-refractivity contribution in [2.45, 2.75) is 25.4 Å². The molecule has 0 saturated heterocycles. The Labute approximate surface area is 80.1 Å². The summed E-state index contributed by atoms with van der Waals surface area (Å²) in [5, 5.41) is 0. The Morgan fingerprint density at radius 2 is 2.55 bits per heavy atom. The second-order valence-corrected chi connectivity index (χ2v) is 4.00. The summed E-state index contributed by atoms with van der Waals surface area (Å²) in [5.74, 6) is -0.205. The molecule has 0 aromatic carbocycles. The lowest BCUT2D eigenvalue weighted by molar-refractivity contribution is -0.153. The molecule has 62 valence electrons. The highest BCUT2D eigenvalue weighted by molar-refractivity contribution is 14.1. The van der Waals surface area contributed by atoms with Crippen LogP contribution >= 0.6 is 22.6 Å². The normalized spacial score (nSPS) is 30.2. The highest BCUT2D eigenvalue weighted by Crippen LogP contribution is 2.25. The highest BCUT2D eigenvalue weighted by atomic mass is 127. The molecule has 1 atom stereocenters. The van der Waals surface area contributed by atoms with Crippen LogP contribution in [0, 0.1) is 0 Å². The van der Waals surface area contributed by atoms with E-state index in [9.17, 15) is 4.79 Å². The van der Waals surface area contributed by atoms with Gasteiger partial charge in [-0.05, 0) is 13.3 Å². The molecule has 0 spiro atoms. The number of hydrogen-bond acceptors (Lipinski definition) is 2. The molecule has 0 amide bonds. The highest BCUT2D eigenvalue weighted by Gasteiger charge is 2.28. The Morgan fingerprint density at radius 3 is 3.09 bits per heavy atom. The van der Waals surface area contributed by atoms with Crippen molar-refractivity contribution in [1.29, 1.82) is 0 Å². The predicted octanol–water partition coefficient (Wildman–Crippen LogP) is 2.07. The van der Waals surface area contributed by atoms with E-state index in [0.29, 0.717) is 0 Å². The number of ether oxygens (including phenoxy) is 1. The van der Waals surface area contributed by atoms with Gasteiger partial charge in [-0.15, -0.1) is 0 Å². The van der Waals surface area contributed by atoms with Crippen LogP contribution in [0.15, 0.2) is 12.2 Å². The lowest BCUT2D eigenvalue weighted by atomic mass is 9.97. The van der Waals surface area contributed by atoms with Crippen molar-refractivity contribution in [3.8, 4) is 0 Å². The molecule has 0 radical (unpaired) electrons. The summed E-state index contributed by atoms with van der Waals surface area (Å²) in [4.78, 5) is 10.8. The Morgan fingerprint density at radius 1 is 1.82 bits per heavy atom. The predicted molar refractivity (Wildman–Crippen MR) is 51.8 cm³/mol. The van der Waals surface area contributed by atoms with Crippen LogP contribution in [0.4, 0.5) is 0 Å². The van der Waals surface area contributed by atoms with Gasteiger partial charge in [0.1, 0.15) is 5.60 Å². The average molecular weight is 266 g/mol. The molecule has 1 aliphatic heterocycles. The van der Waals surface area contributed by atoms with Crippen LogP contribution in [0.3, 0.4) is 0 Å². The number of esters is 1. The van der Waals surface area contributed by atoms with Crippen LogP contribution in [0.5, 0.6) is 0 Å². The number of rotatable bonds is 2.